The predicted octanol–water partition coefficient (Wildman–Crippen LogP) is 3.56. The fraction of sp³-hybridized carbons (Fsp3) is 0.222. The van der Waals surface area contributed by atoms with Crippen LogP contribution in [0.25, 0.3) is 0 Å². The summed E-state index contributed by atoms with van der Waals surface area (Å²) in [5.74, 6) is -0.172. The molecule has 2 rings (SSSR count). The minimum atomic E-state index is -0.143. The number of rotatable bonds is 5. The van der Waals surface area contributed by atoms with Crippen molar-refractivity contribution in [2.24, 2.45) is 0 Å². The average molecular weight is 296 g/mol. The average Bonchev–Trinajstić information content (AvgIpc) is 2.49. The third kappa shape index (κ3) is 3.73. The molecule has 0 spiro atoms. The Morgan fingerprint density at radius 3 is 2.23 bits per heavy atom. The van der Waals surface area contributed by atoms with E-state index in [1.54, 1.807) is 18.2 Å². The molecule has 0 fully saturated rings. The zero-order valence-electron chi connectivity index (χ0n) is 13.1. The molecular formula is C18H20N2O2. The zero-order chi connectivity index (χ0) is 16.1. The van der Waals surface area contributed by atoms with Gasteiger partial charge in [0, 0.05) is 16.9 Å². The van der Waals surface area contributed by atoms with E-state index in [0.717, 1.165) is 16.8 Å². The quantitative estimate of drug-likeness (QED) is 0.829. The molecule has 2 N–H and O–H groups in total. The van der Waals surface area contributed by atoms with Crippen LogP contribution in [0.5, 0.6) is 0 Å². The van der Waals surface area contributed by atoms with Crippen LogP contribution in [0.15, 0.2) is 42.5 Å². The van der Waals surface area contributed by atoms with Gasteiger partial charge >= 0.3 is 0 Å². The molecule has 22 heavy (non-hydrogen) atoms. The molecule has 0 aliphatic rings. The molecule has 0 saturated carbocycles. The van der Waals surface area contributed by atoms with Crippen LogP contribution in [-0.4, -0.2) is 18.2 Å². The van der Waals surface area contributed by atoms with Crippen LogP contribution in [0, 0.1) is 13.8 Å². The Bertz CT molecular complexity index is 688. The lowest BCUT2D eigenvalue weighted by atomic mass is 10.1. The van der Waals surface area contributed by atoms with Gasteiger partial charge in [-0.1, -0.05) is 30.3 Å². The number of amides is 1. The van der Waals surface area contributed by atoms with E-state index in [-0.39, 0.29) is 18.2 Å². The number of para-hydroxylation sites is 2. The monoisotopic (exact) mass is 296 g/mol. The van der Waals surface area contributed by atoms with Crippen molar-refractivity contribution in [2.45, 2.75) is 20.8 Å². The van der Waals surface area contributed by atoms with Gasteiger partial charge in [-0.2, -0.15) is 0 Å². The normalized spacial score (nSPS) is 10.1. The van der Waals surface area contributed by atoms with Crippen LogP contribution in [0.3, 0.4) is 0 Å². The van der Waals surface area contributed by atoms with Gasteiger partial charge in [-0.05, 0) is 44.0 Å². The summed E-state index contributed by atoms with van der Waals surface area (Å²) in [6.07, 6.45) is 0. The van der Waals surface area contributed by atoms with Crippen LogP contribution in [0.1, 0.15) is 28.4 Å². The van der Waals surface area contributed by atoms with E-state index in [4.69, 9.17) is 0 Å². The topological polar surface area (TPSA) is 58.2 Å². The highest BCUT2D eigenvalue weighted by molar-refractivity contribution is 6.01. The van der Waals surface area contributed by atoms with E-state index in [9.17, 15) is 9.59 Å². The molecule has 2 aromatic rings. The standard InChI is InChI=1S/C18H20N2O2/c1-12-7-6-8-13(2)18(12)20-17(22)11-19-16-10-5-4-9-15(16)14(3)21/h4-10,19H,11H2,1-3H3,(H,20,22). The van der Waals surface area contributed by atoms with E-state index in [0.29, 0.717) is 11.3 Å². The van der Waals surface area contributed by atoms with Gasteiger partial charge in [0.15, 0.2) is 5.78 Å². The van der Waals surface area contributed by atoms with Crippen molar-refractivity contribution < 1.29 is 9.59 Å². The maximum absolute atomic E-state index is 12.1. The molecule has 0 radical (unpaired) electrons. The number of carbonyl (C=O) groups is 2. The van der Waals surface area contributed by atoms with E-state index in [2.05, 4.69) is 10.6 Å². The highest BCUT2D eigenvalue weighted by atomic mass is 16.2. The molecule has 0 heterocycles. The summed E-state index contributed by atoms with van der Waals surface area (Å²) >= 11 is 0. The third-order valence-electron chi connectivity index (χ3n) is 3.49. The van der Waals surface area contributed by atoms with E-state index < -0.39 is 0 Å². The highest BCUT2D eigenvalue weighted by Gasteiger charge is 2.09. The summed E-state index contributed by atoms with van der Waals surface area (Å²) in [4.78, 5) is 23.7. The lowest BCUT2D eigenvalue weighted by molar-refractivity contribution is -0.114. The van der Waals surface area contributed by atoms with Crippen molar-refractivity contribution in [3.63, 3.8) is 0 Å². The largest absolute Gasteiger partial charge is 0.376 e. The maximum Gasteiger partial charge on any atom is 0.243 e. The SMILES string of the molecule is CC(=O)c1ccccc1NCC(=O)Nc1c(C)cccc1C. The molecular weight excluding hydrogens is 276 g/mol. The van der Waals surface area contributed by atoms with Gasteiger partial charge in [0.05, 0.1) is 6.54 Å². The summed E-state index contributed by atoms with van der Waals surface area (Å²) in [5, 5.41) is 5.93. The van der Waals surface area contributed by atoms with E-state index in [1.807, 2.05) is 38.1 Å². The Morgan fingerprint density at radius 2 is 1.59 bits per heavy atom. The fourth-order valence-corrected chi connectivity index (χ4v) is 2.32. The minimum Gasteiger partial charge on any atom is -0.376 e. The van der Waals surface area contributed by atoms with Gasteiger partial charge in [-0.3, -0.25) is 9.59 Å². The Morgan fingerprint density at radius 1 is 0.955 bits per heavy atom. The number of aryl methyl sites for hydroxylation is 2. The van der Waals surface area contributed by atoms with Crippen LogP contribution in [0.2, 0.25) is 0 Å². The Balaban J connectivity index is 2.04. The number of hydrogen-bond acceptors (Lipinski definition) is 3. The first-order chi connectivity index (χ1) is 10.5. The number of carbonyl (C=O) groups excluding carboxylic acids is 2. The third-order valence-corrected chi connectivity index (χ3v) is 3.49. The Kier molecular flexibility index (Phi) is 4.94. The number of benzene rings is 2. The van der Waals surface area contributed by atoms with Crippen LogP contribution >= 0.6 is 0 Å². The van der Waals surface area contributed by atoms with E-state index in [1.165, 1.54) is 6.92 Å². The molecule has 0 aliphatic carbocycles. The highest BCUT2D eigenvalue weighted by Crippen LogP contribution is 2.19. The van der Waals surface area contributed by atoms with Crippen LogP contribution < -0.4 is 10.6 Å². The molecule has 0 bridgehead atoms. The second-order valence-electron chi connectivity index (χ2n) is 5.27. The fourth-order valence-electron chi connectivity index (χ4n) is 2.32. The van der Waals surface area contributed by atoms with Gasteiger partial charge in [-0.15, -0.1) is 0 Å². The Labute approximate surface area is 130 Å². The first kappa shape index (κ1) is 15.8. The molecule has 4 heteroatoms. The van der Waals surface area contributed by atoms with Crippen LogP contribution in [-0.2, 0) is 4.79 Å². The predicted molar refractivity (Wildman–Crippen MR) is 89.5 cm³/mol. The molecule has 1 amide bonds. The van der Waals surface area contributed by atoms with Crippen molar-refractivity contribution in [3.8, 4) is 0 Å². The second kappa shape index (κ2) is 6.89. The first-order valence-electron chi connectivity index (χ1n) is 7.19. The second-order valence-corrected chi connectivity index (χ2v) is 5.27. The summed E-state index contributed by atoms with van der Waals surface area (Å²) in [7, 11) is 0. The summed E-state index contributed by atoms with van der Waals surface area (Å²) < 4.78 is 0. The van der Waals surface area contributed by atoms with E-state index >= 15 is 0 Å². The molecule has 0 saturated heterocycles. The summed E-state index contributed by atoms with van der Waals surface area (Å²) in [6.45, 7) is 5.54. The smallest absolute Gasteiger partial charge is 0.243 e. The van der Waals surface area contributed by atoms with Gasteiger partial charge in [0.25, 0.3) is 0 Å². The molecule has 0 unspecified atom stereocenters. The molecule has 0 atom stereocenters. The lowest BCUT2D eigenvalue weighted by Gasteiger charge is -2.13. The van der Waals surface area contributed by atoms with Gasteiger partial charge in [0.2, 0.25) is 5.91 Å². The number of hydrogen-bond donors (Lipinski definition) is 2. The maximum atomic E-state index is 12.1. The molecule has 2 aromatic carbocycles. The lowest BCUT2D eigenvalue weighted by Crippen LogP contribution is -2.23. The van der Waals surface area contributed by atoms with Gasteiger partial charge < -0.3 is 10.6 Å². The molecule has 0 aliphatic heterocycles. The van der Waals surface area contributed by atoms with Crippen molar-refractivity contribution in [1.82, 2.24) is 0 Å². The number of nitrogens with one attached hydrogen (secondary N) is 2. The van der Waals surface area contributed by atoms with Gasteiger partial charge in [0.1, 0.15) is 0 Å². The molecule has 4 nitrogen and oxygen atoms in total. The van der Waals surface area contributed by atoms with Gasteiger partial charge in [-0.25, -0.2) is 0 Å². The minimum absolute atomic E-state index is 0.0294. The number of ketones is 1. The molecule has 114 valence electrons. The number of anilines is 2. The van der Waals surface area contributed by atoms with Crippen molar-refractivity contribution in [3.05, 3.63) is 59.2 Å². The summed E-state index contributed by atoms with van der Waals surface area (Å²) in [5.41, 5.74) is 4.15. The first-order valence-corrected chi connectivity index (χ1v) is 7.19. The van der Waals surface area contributed by atoms with Crippen LogP contribution in [0.4, 0.5) is 11.4 Å². The van der Waals surface area contributed by atoms with Crippen molar-refractivity contribution in [1.29, 1.82) is 0 Å². The van der Waals surface area contributed by atoms with Crippen molar-refractivity contribution >= 4 is 23.1 Å². The Hall–Kier alpha value is -2.62. The molecule has 0 aromatic heterocycles. The number of Topliss-reactive ketones (excluding diaryl/α,β-unsaturated/α-hetero) is 1. The summed E-state index contributed by atoms with van der Waals surface area (Å²) in [6, 6.07) is 13.1. The van der Waals surface area contributed by atoms with Crippen molar-refractivity contribution in [2.75, 3.05) is 17.2 Å². The zero-order valence-corrected chi connectivity index (χ0v) is 13.1.